The fourth-order valence-electron chi connectivity index (χ4n) is 1.62. The van der Waals surface area contributed by atoms with Crippen molar-refractivity contribution in [1.29, 1.82) is 5.26 Å². The van der Waals surface area contributed by atoms with Gasteiger partial charge in [0.15, 0.2) is 6.61 Å². The van der Waals surface area contributed by atoms with Gasteiger partial charge in [-0.15, -0.1) is 0 Å². The third-order valence-electron chi connectivity index (χ3n) is 2.40. The predicted molar refractivity (Wildman–Crippen MR) is 69.7 cm³/mol. The second kappa shape index (κ2) is 5.84. The van der Waals surface area contributed by atoms with Crippen LogP contribution in [-0.2, 0) is 6.18 Å². The SMILES string of the molecule is N#CCOc1c(C(F)(F)F)cnn1-c1cc(Cl)cc(Cl)c1. The van der Waals surface area contributed by atoms with Gasteiger partial charge in [0.05, 0.1) is 11.9 Å². The van der Waals surface area contributed by atoms with Gasteiger partial charge in [-0.3, -0.25) is 0 Å². The lowest BCUT2D eigenvalue weighted by atomic mass is 10.3. The van der Waals surface area contributed by atoms with Crippen LogP contribution in [-0.4, -0.2) is 16.4 Å². The van der Waals surface area contributed by atoms with Crippen molar-refractivity contribution in [3.63, 3.8) is 0 Å². The van der Waals surface area contributed by atoms with E-state index in [4.69, 9.17) is 33.2 Å². The van der Waals surface area contributed by atoms with E-state index in [1.54, 1.807) is 6.07 Å². The molecule has 0 radical (unpaired) electrons. The largest absolute Gasteiger partial charge is 0.462 e. The topological polar surface area (TPSA) is 50.8 Å². The number of hydrogen-bond donors (Lipinski definition) is 0. The molecule has 1 aromatic carbocycles. The Balaban J connectivity index is 2.58. The molecule has 2 rings (SSSR count). The van der Waals surface area contributed by atoms with Crippen LogP contribution in [0.4, 0.5) is 13.2 Å². The first-order valence-electron chi connectivity index (χ1n) is 5.44. The Bertz CT molecular complexity index is 686. The fourth-order valence-corrected chi connectivity index (χ4v) is 2.13. The number of rotatable bonds is 3. The Labute approximate surface area is 127 Å². The summed E-state index contributed by atoms with van der Waals surface area (Å²) < 4.78 is 44.4. The number of aromatic nitrogens is 2. The fraction of sp³-hybridized carbons (Fsp3) is 0.167. The second-order valence-corrected chi connectivity index (χ2v) is 4.72. The molecule has 0 unspecified atom stereocenters. The highest BCUT2D eigenvalue weighted by Gasteiger charge is 2.38. The Morgan fingerprint density at radius 1 is 1.24 bits per heavy atom. The molecule has 21 heavy (non-hydrogen) atoms. The van der Waals surface area contributed by atoms with Gasteiger partial charge in [-0.25, -0.2) is 4.68 Å². The maximum Gasteiger partial charge on any atom is 0.423 e. The Morgan fingerprint density at radius 3 is 2.38 bits per heavy atom. The van der Waals surface area contributed by atoms with Crippen molar-refractivity contribution in [3.05, 3.63) is 40.0 Å². The molecule has 0 fully saturated rings. The zero-order valence-electron chi connectivity index (χ0n) is 10.2. The standard InChI is InChI=1S/C12H6Cl2F3N3O/c13-7-3-8(14)5-9(4-7)20-11(21-2-1-18)10(6-19-20)12(15,16)17/h3-6H,2H2. The summed E-state index contributed by atoms with van der Waals surface area (Å²) >= 11 is 11.6. The quantitative estimate of drug-likeness (QED) is 0.848. The van der Waals surface area contributed by atoms with Crippen molar-refractivity contribution in [1.82, 2.24) is 9.78 Å². The monoisotopic (exact) mass is 335 g/mol. The van der Waals surface area contributed by atoms with E-state index >= 15 is 0 Å². The first-order chi connectivity index (χ1) is 9.82. The van der Waals surface area contributed by atoms with Gasteiger partial charge >= 0.3 is 6.18 Å². The summed E-state index contributed by atoms with van der Waals surface area (Å²) in [5.74, 6) is -0.595. The van der Waals surface area contributed by atoms with Crippen molar-refractivity contribution < 1.29 is 17.9 Å². The molecule has 4 nitrogen and oxygen atoms in total. The molecule has 0 amide bonds. The number of alkyl halides is 3. The number of halogens is 5. The van der Waals surface area contributed by atoms with Crippen molar-refractivity contribution in [2.24, 2.45) is 0 Å². The Hall–Kier alpha value is -1.91. The molecule has 0 bridgehead atoms. The number of nitrogens with zero attached hydrogens (tertiary/aromatic N) is 3. The third kappa shape index (κ3) is 3.40. The first kappa shape index (κ1) is 15.5. The van der Waals surface area contributed by atoms with E-state index in [-0.39, 0.29) is 15.7 Å². The Kier molecular flexibility index (Phi) is 4.30. The van der Waals surface area contributed by atoms with E-state index in [1.807, 2.05) is 0 Å². The average molecular weight is 336 g/mol. The molecule has 1 aromatic heterocycles. The number of benzene rings is 1. The van der Waals surface area contributed by atoms with Crippen LogP contribution in [0.1, 0.15) is 5.56 Å². The van der Waals surface area contributed by atoms with E-state index in [0.717, 1.165) is 4.68 Å². The molecule has 110 valence electrons. The molecule has 0 saturated heterocycles. The summed E-state index contributed by atoms with van der Waals surface area (Å²) in [5, 5.41) is 12.6. The highest BCUT2D eigenvalue weighted by atomic mass is 35.5. The summed E-state index contributed by atoms with van der Waals surface area (Å²) in [6.07, 6.45) is -4.05. The molecule has 9 heteroatoms. The van der Waals surface area contributed by atoms with E-state index in [2.05, 4.69) is 5.10 Å². The van der Waals surface area contributed by atoms with Gasteiger partial charge in [0.2, 0.25) is 5.88 Å². The second-order valence-electron chi connectivity index (χ2n) is 3.85. The first-order valence-corrected chi connectivity index (χ1v) is 6.20. The van der Waals surface area contributed by atoms with Crippen LogP contribution < -0.4 is 4.74 Å². The lowest BCUT2D eigenvalue weighted by Gasteiger charge is -2.11. The van der Waals surface area contributed by atoms with Gasteiger partial charge < -0.3 is 4.74 Å². The van der Waals surface area contributed by atoms with Crippen LogP contribution in [0, 0.1) is 11.3 Å². The summed E-state index contributed by atoms with van der Waals surface area (Å²) in [7, 11) is 0. The molecule has 1 heterocycles. The van der Waals surface area contributed by atoms with Crippen LogP contribution in [0.3, 0.4) is 0 Å². The van der Waals surface area contributed by atoms with Crippen LogP contribution in [0.15, 0.2) is 24.4 Å². The normalized spacial score (nSPS) is 11.2. The lowest BCUT2D eigenvalue weighted by Crippen LogP contribution is -2.10. The van der Waals surface area contributed by atoms with Gasteiger partial charge in [0.25, 0.3) is 0 Å². The third-order valence-corrected chi connectivity index (χ3v) is 2.83. The zero-order chi connectivity index (χ0) is 15.6. The average Bonchev–Trinajstić information content (AvgIpc) is 2.78. The van der Waals surface area contributed by atoms with E-state index in [0.29, 0.717) is 6.20 Å². The molecular formula is C12H6Cl2F3N3O. The number of ether oxygens (including phenoxy) is 1. The highest BCUT2D eigenvalue weighted by Crippen LogP contribution is 2.37. The van der Waals surface area contributed by atoms with Crippen molar-refractivity contribution in [2.45, 2.75) is 6.18 Å². The molecular weight excluding hydrogens is 330 g/mol. The predicted octanol–water partition coefficient (Wildman–Crippen LogP) is 4.10. The van der Waals surface area contributed by atoms with Crippen molar-refractivity contribution in [2.75, 3.05) is 6.61 Å². The summed E-state index contributed by atoms with van der Waals surface area (Å²) in [6.45, 7) is -0.553. The molecule has 0 saturated carbocycles. The molecule has 0 aliphatic carbocycles. The number of hydrogen-bond acceptors (Lipinski definition) is 3. The zero-order valence-corrected chi connectivity index (χ0v) is 11.7. The van der Waals surface area contributed by atoms with E-state index in [9.17, 15) is 13.2 Å². The maximum absolute atomic E-state index is 12.9. The maximum atomic E-state index is 12.9. The van der Waals surface area contributed by atoms with Gasteiger partial charge in [0, 0.05) is 10.0 Å². The minimum atomic E-state index is -4.66. The van der Waals surface area contributed by atoms with Gasteiger partial charge in [-0.05, 0) is 18.2 Å². The van der Waals surface area contributed by atoms with E-state index in [1.165, 1.54) is 18.2 Å². The van der Waals surface area contributed by atoms with Gasteiger partial charge in [0.1, 0.15) is 11.6 Å². The minimum absolute atomic E-state index is 0.191. The molecule has 0 aliphatic heterocycles. The van der Waals surface area contributed by atoms with Crippen LogP contribution in [0.2, 0.25) is 10.0 Å². The van der Waals surface area contributed by atoms with Crippen molar-refractivity contribution >= 4 is 23.2 Å². The molecule has 0 aliphatic rings. The van der Waals surface area contributed by atoms with Crippen LogP contribution >= 0.6 is 23.2 Å². The molecule has 0 N–H and O–H groups in total. The lowest BCUT2D eigenvalue weighted by molar-refractivity contribution is -0.138. The molecule has 0 atom stereocenters. The molecule has 0 spiro atoms. The highest BCUT2D eigenvalue weighted by molar-refractivity contribution is 6.34. The molecule has 2 aromatic rings. The summed E-state index contributed by atoms with van der Waals surface area (Å²) in [4.78, 5) is 0. The van der Waals surface area contributed by atoms with E-state index < -0.39 is 24.2 Å². The summed E-state index contributed by atoms with van der Waals surface area (Å²) in [5.41, 5.74) is -0.898. The van der Waals surface area contributed by atoms with Crippen LogP contribution in [0.25, 0.3) is 5.69 Å². The Morgan fingerprint density at radius 2 is 1.86 bits per heavy atom. The van der Waals surface area contributed by atoms with Crippen molar-refractivity contribution in [3.8, 4) is 17.6 Å². The van der Waals surface area contributed by atoms with Gasteiger partial charge in [-0.2, -0.15) is 23.5 Å². The van der Waals surface area contributed by atoms with Gasteiger partial charge in [-0.1, -0.05) is 23.2 Å². The van der Waals surface area contributed by atoms with Crippen LogP contribution in [0.5, 0.6) is 5.88 Å². The number of nitriles is 1. The summed E-state index contributed by atoms with van der Waals surface area (Å²) in [6, 6.07) is 5.78. The minimum Gasteiger partial charge on any atom is -0.462 e. The smallest absolute Gasteiger partial charge is 0.423 e.